The highest BCUT2D eigenvalue weighted by molar-refractivity contribution is 5.94. The summed E-state index contributed by atoms with van der Waals surface area (Å²) in [6.07, 6.45) is 6.38. The molecular weight excluding hydrogens is 285 g/mol. The Balaban J connectivity index is 1.59. The third-order valence-corrected chi connectivity index (χ3v) is 3.74. The fraction of sp³-hybridized carbons (Fsp3) is 0.375. The molecular formula is C16H18FN3O2. The van der Waals surface area contributed by atoms with Crippen LogP contribution in [0.3, 0.4) is 0 Å². The number of rotatable bonds is 5. The average molecular weight is 303 g/mol. The topological polar surface area (TPSA) is 56.1 Å². The van der Waals surface area contributed by atoms with Crippen molar-refractivity contribution in [3.05, 3.63) is 48.0 Å². The van der Waals surface area contributed by atoms with Crippen LogP contribution in [0.15, 0.2) is 36.7 Å². The van der Waals surface area contributed by atoms with Gasteiger partial charge in [-0.15, -0.1) is 0 Å². The van der Waals surface area contributed by atoms with Gasteiger partial charge in [0, 0.05) is 31.1 Å². The lowest BCUT2D eigenvalue weighted by Crippen LogP contribution is -2.27. The van der Waals surface area contributed by atoms with E-state index in [1.807, 2.05) is 0 Å². The zero-order valence-electron chi connectivity index (χ0n) is 12.2. The Morgan fingerprint density at radius 3 is 3.09 bits per heavy atom. The van der Waals surface area contributed by atoms with Gasteiger partial charge in [-0.05, 0) is 43.5 Å². The maximum absolute atomic E-state index is 14.1. The summed E-state index contributed by atoms with van der Waals surface area (Å²) in [6.45, 7) is 1.34. The number of carbonyl (C=O) groups excluding carboxylic acids is 1. The first-order valence-electron chi connectivity index (χ1n) is 7.43. The lowest BCUT2D eigenvalue weighted by atomic mass is 10.1. The highest BCUT2D eigenvalue weighted by Gasteiger charge is 2.16. The molecule has 2 heterocycles. The number of benzene rings is 1. The van der Waals surface area contributed by atoms with E-state index < -0.39 is 5.82 Å². The molecule has 1 N–H and O–H groups in total. The molecule has 1 aliphatic rings. The van der Waals surface area contributed by atoms with Gasteiger partial charge in [-0.1, -0.05) is 0 Å². The van der Waals surface area contributed by atoms with Gasteiger partial charge in [-0.25, -0.2) is 9.07 Å². The van der Waals surface area contributed by atoms with E-state index in [9.17, 15) is 9.18 Å². The van der Waals surface area contributed by atoms with Crippen molar-refractivity contribution in [2.24, 2.45) is 0 Å². The number of ether oxygens (including phenoxy) is 1. The second kappa shape index (κ2) is 6.70. The van der Waals surface area contributed by atoms with Crippen LogP contribution in [0.2, 0.25) is 0 Å². The smallest absolute Gasteiger partial charge is 0.251 e. The number of hydrogen-bond donors (Lipinski definition) is 1. The maximum Gasteiger partial charge on any atom is 0.251 e. The SMILES string of the molecule is O=C(NCC[C@@H]1CCCO1)c1ccc(-n2cccn2)c(F)c1. The van der Waals surface area contributed by atoms with Crippen LogP contribution >= 0.6 is 0 Å². The second-order valence-corrected chi connectivity index (χ2v) is 5.30. The van der Waals surface area contributed by atoms with Gasteiger partial charge in [0.2, 0.25) is 0 Å². The van der Waals surface area contributed by atoms with Crippen molar-refractivity contribution in [1.29, 1.82) is 0 Å². The number of amides is 1. The van der Waals surface area contributed by atoms with E-state index in [4.69, 9.17) is 4.74 Å². The fourth-order valence-corrected chi connectivity index (χ4v) is 2.57. The van der Waals surface area contributed by atoms with Gasteiger partial charge in [0.25, 0.3) is 5.91 Å². The summed E-state index contributed by atoms with van der Waals surface area (Å²) in [5.41, 5.74) is 0.627. The van der Waals surface area contributed by atoms with Gasteiger partial charge < -0.3 is 10.1 Å². The first-order valence-corrected chi connectivity index (χ1v) is 7.43. The third-order valence-electron chi connectivity index (χ3n) is 3.74. The first kappa shape index (κ1) is 14.7. The number of aromatic nitrogens is 2. The van der Waals surface area contributed by atoms with Gasteiger partial charge in [0.05, 0.1) is 6.10 Å². The van der Waals surface area contributed by atoms with Gasteiger partial charge in [-0.2, -0.15) is 5.10 Å². The molecule has 6 heteroatoms. The standard InChI is InChI=1S/C16H18FN3O2/c17-14-11-12(4-5-15(14)20-9-2-7-19-20)16(21)18-8-6-13-3-1-10-22-13/h2,4-5,7,9,11,13H,1,3,6,8,10H2,(H,18,21)/t13-/m0/s1. The predicted octanol–water partition coefficient (Wildman–Crippen LogP) is 2.31. The van der Waals surface area contributed by atoms with Crippen LogP contribution in [0.4, 0.5) is 4.39 Å². The minimum Gasteiger partial charge on any atom is -0.378 e. The summed E-state index contributed by atoms with van der Waals surface area (Å²) in [4.78, 5) is 12.0. The molecule has 2 aromatic rings. The van der Waals surface area contributed by atoms with Gasteiger partial charge in [-0.3, -0.25) is 4.79 Å². The van der Waals surface area contributed by atoms with Crippen molar-refractivity contribution in [3.8, 4) is 5.69 Å². The van der Waals surface area contributed by atoms with Crippen molar-refractivity contribution in [2.45, 2.75) is 25.4 Å². The summed E-state index contributed by atoms with van der Waals surface area (Å²) >= 11 is 0. The van der Waals surface area contributed by atoms with E-state index in [1.165, 1.54) is 10.7 Å². The van der Waals surface area contributed by atoms with Crippen LogP contribution in [0.25, 0.3) is 5.69 Å². The summed E-state index contributed by atoms with van der Waals surface area (Å²) < 4.78 is 21.0. The number of nitrogens with one attached hydrogen (secondary N) is 1. The Hall–Kier alpha value is -2.21. The predicted molar refractivity (Wildman–Crippen MR) is 79.4 cm³/mol. The summed E-state index contributed by atoms with van der Waals surface area (Å²) in [5.74, 6) is -0.751. The van der Waals surface area contributed by atoms with Crippen LogP contribution in [0.1, 0.15) is 29.6 Å². The van der Waals surface area contributed by atoms with E-state index in [0.29, 0.717) is 17.8 Å². The molecule has 0 radical (unpaired) electrons. The van der Waals surface area contributed by atoms with Crippen LogP contribution in [0, 0.1) is 5.82 Å². The fourth-order valence-electron chi connectivity index (χ4n) is 2.57. The highest BCUT2D eigenvalue weighted by atomic mass is 19.1. The molecule has 1 saturated heterocycles. The molecule has 1 aliphatic heterocycles. The monoisotopic (exact) mass is 303 g/mol. The quantitative estimate of drug-likeness (QED) is 0.922. The van der Waals surface area contributed by atoms with Crippen molar-refractivity contribution in [1.82, 2.24) is 15.1 Å². The molecule has 1 aromatic carbocycles. The number of nitrogens with zero attached hydrogens (tertiary/aromatic N) is 2. The largest absolute Gasteiger partial charge is 0.378 e. The molecule has 3 rings (SSSR count). The number of hydrogen-bond acceptors (Lipinski definition) is 3. The lowest BCUT2D eigenvalue weighted by molar-refractivity contribution is 0.0907. The molecule has 1 fully saturated rings. The van der Waals surface area contributed by atoms with Gasteiger partial charge in [0.1, 0.15) is 11.5 Å². The molecule has 116 valence electrons. The molecule has 1 atom stereocenters. The molecule has 0 unspecified atom stereocenters. The summed E-state index contributed by atoms with van der Waals surface area (Å²) in [6, 6.07) is 6.10. The average Bonchev–Trinajstić information content (AvgIpc) is 3.20. The van der Waals surface area contributed by atoms with Crippen LogP contribution in [-0.4, -0.2) is 34.9 Å². The zero-order chi connectivity index (χ0) is 15.4. The summed E-state index contributed by atoms with van der Waals surface area (Å²) in [7, 11) is 0. The van der Waals surface area contributed by atoms with Gasteiger partial charge >= 0.3 is 0 Å². The normalized spacial score (nSPS) is 17.6. The number of carbonyl (C=O) groups is 1. The highest BCUT2D eigenvalue weighted by Crippen LogP contribution is 2.16. The lowest BCUT2D eigenvalue weighted by Gasteiger charge is -2.10. The molecule has 22 heavy (non-hydrogen) atoms. The molecule has 1 amide bonds. The molecule has 0 bridgehead atoms. The Morgan fingerprint density at radius 2 is 2.41 bits per heavy atom. The molecule has 0 aliphatic carbocycles. The van der Waals surface area contributed by atoms with E-state index in [1.54, 1.807) is 30.6 Å². The van der Waals surface area contributed by atoms with Crippen molar-refractivity contribution in [2.75, 3.05) is 13.2 Å². The van der Waals surface area contributed by atoms with E-state index in [0.717, 1.165) is 25.9 Å². The molecule has 0 spiro atoms. The van der Waals surface area contributed by atoms with Crippen molar-refractivity contribution in [3.63, 3.8) is 0 Å². The Labute approximate surface area is 128 Å². The zero-order valence-corrected chi connectivity index (χ0v) is 12.2. The summed E-state index contributed by atoms with van der Waals surface area (Å²) in [5, 5.41) is 6.78. The molecule has 1 aromatic heterocycles. The first-order chi connectivity index (χ1) is 10.7. The van der Waals surface area contributed by atoms with E-state index >= 15 is 0 Å². The Bertz CT molecular complexity index is 637. The van der Waals surface area contributed by atoms with Gasteiger partial charge in [0.15, 0.2) is 0 Å². The maximum atomic E-state index is 14.1. The molecule has 5 nitrogen and oxygen atoms in total. The Morgan fingerprint density at radius 1 is 1.50 bits per heavy atom. The molecule has 0 saturated carbocycles. The minimum absolute atomic E-state index is 0.235. The Kier molecular flexibility index (Phi) is 4.48. The van der Waals surface area contributed by atoms with Crippen LogP contribution in [-0.2, 0) is 4.74 Å². The van der Waals surface area contributed by atoms with E-state index in [-0.39, 0.29) is 12.0 Å². The van der Waals surface area contributed by atoms with Crippen LogP contribution in [0.5, 0.6) is 0 Å². The van der Waals surface area contributed by atoms with Crippen LogP contribution < -0.4 is 5.32 Å². The van der Waals surface area contributed by atoms with Crippen molar-refractivity contribution >= 4 is 5.91 Å². The minimum atomic E-state index is -0.476. The second-order valence-electron chi connectivity index (χ2n) is 5.30. The van der Waals surface area contributed by atoms with E-state index in [2.05, 4.69) is 10.4 Å². The third kappa shape index (κ3) is 3.33. The number of halogens is 1. The van der Waals surface area contributed by atoms with Crippen molar-refractivity contribution < 1.29 is 13.9 Å².